The molecule has 17 heavy (non-hydrogen) atoms. The number of halogens is 1. The molecule has 0 aliphatic rings. The Morgan fingerprint density at radius 2 is 2.12 bits per heavy atom. The van der Waals surface area contributed by atoms with Gasteiger partial charge in [-0.05, 0) is 6.42 Å². The first-order chi connectivity index (χ1) is 8.28. The molecule has 0 spiro atoms. The molecule has 0 amide bonds. The van der Waals surface area contributed by atoms with Gasteiger partial charge in [0, 0.05) is 42.9 Å². The van der Waals surface area contributed by atoms with Gasteiger partial charge in [-0.3, -0.25) is 4.79 Å². The van der Waals surface area contributed by atoms with Crippen LogP contribution >= 0.6 is 22.9 Å². The fourth-order valence-electron chi connectivity index (χ4n) is 1.53. The number of hydrogen-bond acceptors (Lipinski definition) is 3. The summed E-state index contributed by atoms with van der Waals surface area (Å²) in [6.07, 6.45) is 5.59. The molecule has 2 rings (SSSR count). The molecule has 0 aliphatic heterocycles. The fraction of sp³-hybridized carbons (Fsp3) is 0.333. The standard InChI is InChI=1S/C12H13ClN2OS/c13-8-10-9-17-12(14-10)2-1-5-15-6-3-11(16)4-7-15/h3-4,6-7,9H,1-2,5,8H2. The first-order valence-corrected chi connectivity index (χ1v) is 6.85. The van der Waals surface area contributed by atoms with Crippen molar-refractivity contribution in [1.29, 1.82) is 0 Å². The van der Waals surface area contributed by atoms with Crippen LogP contribution in [0.2, 0.25) is 0 Å². The third-order valence-corrected chi connectivity index (χ3v) is 3.63. The Kier molecular flexibility index (Phi) is 4.34. The smallest absolute Gasteiger partial charge is 0.181 e. The highest BCUT2D eigenvalue weighted by Crippen LogP contribution is 2.13. The molecule has 0 saturated carbocycles. The van der Waals surface area contributed by atoms with E-state index in [0.717, 1.165) is 30.1 Å². The molecule has 0 radical (unpaired) electrons. The second-order valence-electron chi connectivity index (χ2n) is 3.74. The minimum absolute atomic E-state index is 0.0490. The SMILES string of the molecule is O=c1ccn(CCCc2nc(CCl)cs2)cc1. The predicted molar refractivity (Wildman–Crippen MR) is 70.7 cm³/mol. The van der Waals surface area contributed by atoms with Crippen LogP contribution in [0.3, 0.4) is 0 Å². The van der Waals surface area contributed by atoms with Crippen LogP contribution in [0, 0.1) is 0 Å². The van der Waals surface area contributed by atoms with Crippen molar-refractivity contribution in [2.75, 3.05) is 0 Å². The number of rotatable bonds is 5. The number of aromatic nitrogens is 2. The molecule has 0 aromatic carbocycles. The monoisotopic (exact) mass is 268 g/mol. The lowest BCUT2D eigenvalue weighted by Gasteiger charge is -2.03. The van der Waals surface area contributed by atoms with Gasteiger partial charge in [0.1, 0.15) is 0 Å². The van der Waals surface area contributed by atoms with Crippen LogP contribution in [-0.2, 0) is 18.8 Å². The van der Waals surface area contributed by atoms with Gasteiger partial charge in [-0.15, -0.1) is 22.9 Å². The van der Waals surface area contributed by atoms with Gasteiger partial charge in [0.15, 0.2) is 5.43 Å². The Hall–Kier alpha value is -1.13. The Morgan fingerprint density at radius 1 is 1.35 bits per heavy atom. The molecule has 3 nitrogen and oxygen atoms in total. The van der Waals surface area contributed by atoms with Gasteiger partial charge in [-0.2, -0.15) is 0 Å². The summed E-state index contributed by atoms with van der Waals surface area (Å²) >= 11 is 7.35. The van der Waals surface area contributed by atoms with Crippen molar-refractivity contribution < 1.29 is 0 Å². The van der Waals surface area contributed by atoms with Gasteiger partial charge in [0.2, 0.25) is 0 Å². The molecular formula is C12H13ClN2OS. The number of nitrogens with zero attached hydrogens (tertiary/aromatic N) is 2. The molecule has 0 saturated heterocycles. The lowest BCUT2D eigenvalue weighted by Crippen LogP contribution is -2.04. The summed E-state index contributed by atoms with van der Waals surface area (Å²) < 4.78 is 2.01. The van der Waals surface area contributed by atoms with Crippen molar-refractivity contribution in [1.82, 2.24) is 9.55 Å². The minimum atomic E-state index is 0.0490. The van der Waals surface area contributed by atoms with Crippen molar-refractivity contribution in [3.63, 3.8) is 0 Å². The zero-order valence-corrected chi connectivity index (χ0v) is 10.9. The van der Waals surface area contributed by atoms with E-state index in [9.17, 15) is 4.79 Å². The van der Waals surface area contributed by atoms with Gasteiger partial charge < -0.3 is 4.57 Å². The van der Waals surface area contributed by atoms with Crippen LogP contribution in [0.15, 0.2) is 34.7 Å². The Bertz CT molecular complexity index is 515. The first-order valence-electron chi connectivity index (χ1n) is 5.43. The third kappa shape index (κ3) is 3.68. The predicted octanol–water partition coefficient (Wildman–Crippen LogP) is 2.68. The van der Waals surface area contributed by atoms with Crippen molar-refractivity contribution in [3.8, 4) is 0 Å². The van der Waals surface area contributed by atoms with E-state index in [0.29, 0.717) is 5.88 Å². The average molecular weight is 269 g/mol. The Labute approximate surface area is 109 Å². The lowest BCUT2D eigenvalue weighted by atomic mass is 10.3. The molecule has 2 aromatic rings. The molecule has 0 atom stereocenters. The summed E-state index contributed by atoms with van der Waals surface area (Å²) in [5.74, 6) is 0.482. The lowest BCUT2D eigenvalue weighted by molar-refractivity contribution is 0.636. The average Bonchev–Trinajstić information content (AvgIpc) is 2.80. The molecule has 2 aromatic heterocycles. The van der Waals surface area contributed by atoms with Gasteiger partial charge >= 0.3 is 0 Å². The van der Waals surface area contributed by atoms with Crippen LogP contribution in [0.1, 0.15) is 17.1 Å². The molecule has 0 N–H and O–H groups in total. The molecule has 5 heteroatoms. The van der Waals surface area contributed by atoms with Crippen molar-refractivity contribution >= 4 is 22.9 Å². The van der Waals surface area contributed by atoms with Crippen molar-refractivity contribution in [2.45, 2.75) is 25.3 Å². The summed E-state index contributed by atoms with van der Waals surface area (Å²) in [6, 6.07) is 3.16. The zero-order chi connectivity index (χ0) is 12.1. The first kappa shape index (κ1) is 12.3. The van der Waals surface area contributed by atoms with Crippen molar-refractivity contribution in [3.05, 3.63) is 50.8 Å². The van der Waals surface area contributed by atoms with E-state index in [1.54, 1.807) is 23.5 Å². The summed E-state index contributed by atoms with van der Waals surface area (Å²) in [4.78, 5) is 15.3. The molecule has 90 valence electrons. The maximum atomic E-state index is 10.9. The van der Waals surface area contributed by atoms with Gasteiger partial charge in [0.05, 0.1) is 16.6 Å². The molecule has 0 bridgehead atoms. The van der Waals surface area contributed by atoms with E-state index < -0.39 is 0 Å². The van der Waals surface area contributed by atoms with Crippen molar-refractivity contribution in [2.24, 2.45) is 0 Å². The molecule has 0 fully saturated rings. The topological polar surface area (TPSA) is 34.9 Å². The summed E-state index contributed by atoms with van der Waals surface area (Å²) in [6.45, 7) is 0.899. The van der Waals surface area contributed by atoms with Crippen LogP contribution in [0.25, 0.3) is 0 Å². The summed E-state index contributed by atoms with van der Waals surface area (Å²) in [7, 11) is 0. The van der Waals surface area contributed by atoms with E-state index in [1.165, 1.54) is 0 Å². The van der Waals surface area contributed by atoms with Gasteiger partial charge in [0.25, 0.3) is 0 Å². The van der Waals surface area contributed by atoms with Gasteiger partial charge in [-0.1, -0.05) is 0 Å². The number of alkyl halides is 1. The quantitative estimate of drug-likeness (QED) is 0.782. The third-order valence-electron chi connectivity index (χ3n) is 2.40. The second-order valence-corrected chi connectivity index (χ2v) is 4.95. The highest BCUT2D eigenvalue weighted by atomic mass is 35.5. The number of hydrogen-bond donors (Lipinski definition) is 0. The molecular weight excluding hydrogens is 256 g/mol. The van der Waals surface area contributed by atoms with Crippen LogP contribution in [0.5, 0.6) is 0 Å². The van der Waals surface area contributed by atoms with Gasteiger partial charge in [-0.25, -0.2) is 4.98 Å². The van der Waals surface area contributed by atoms with E-state index in [4.69, 9.17) is 11.6 Å². The molecule has 0 unspecified atom stereocenters. The Balaban J connectivity index is 1.83. The van der Waals surface area contributed by atoms with E-state index in [-0.39, 0.29) is 5.43 Å². The van der Waals surface area contributed by atoms with E-state index in [2.05, 4.69) is 4.98 Å². The maximum absolute atomic E-state index is 10.9. The number of aryl methyl sites for hydroxylation is 2. The Morgan fingerprint density at radius 3 is 2.76 bits per heavy atom. The van der Waals surface area contributed by atoms with E-state index in [1.807, 2.05) is 22.3 Å². The highest BCUT2D eigenvalue weighted by Gasteiger charge is 2.00. The summed E-state index contributed by atoms with van der Waals surface area (Å²) in [5.41, 5.74) is 1.00. The number of thiazole rings is 1. The second kappa shape index (κ2) is 5.98. The summed E-state index contributed by atoms with van der Waals surface area (Å²) in [5, 5.41) is 3.13. The van der Waals surface area contributed by atoms with E-state index >= 15 is 0 Å². The maximum Gasteiger partial charge on any atom is 0.181 e. The molecule has 0 aliphatic carbocycles. The highest BCUT2D eigenvalue weighted by molar-refractivity contribution is 7.09. The minimum Gasteiger partial charge on any atom is -0.354 e. The zero-order valence-electron chi connectivity index (χ0n) is 9.30. The molecule has 2 heterocycles. The number of pyridine rings is 1. The largest absolute Gasteiger partial charge is 0.354 e. The van der Waals surface area contributed by atoms with Crippen LogP contribution < -0.4 is 5.43 Å². The normalized spacial score (nSPS) is 10.6. The van der Waals surface area contributed by atoms with Crippen LogP contribution in [0.4, 0.5) is 0 Å². The van der Waals surface area contributed by atoms with Crippen LogP contribution in [-0.4, -0.2) is 9.55 Å². The fourth-order valence-corrected chi connectivity index (χ4v) is 2.60.